The van der Waals surface area contributed by atoms with Crippen LogP contribution in [0.4, 0.5) is 5.82 Å². The summed E-state index contributed by atoms with van der Waals surface area (Å²) in [5.74, 6) is 4.69. The molecule has 0 radical (unpaired) electrons. The van der Waals surface area contributed by atoms with Crippen molar-refractivity contribution in [2.45, 2.75) is 11.4 Å². The molecule has 3 heterocycles. The van der Waals surface area contributed by atoms with Crippen molar-refractivity contribution in [2.75, 3.05) is 11.6 Å². The highest BCUT2D eigenvalue weighted by molar-refractivity contribution is 7.90. The van der Waals surface area contributed by atoms with Crippen LogP contribution >= 0.6 is 0 Å². The van der Waals surface area contributed by atoms with Gasteiger partial charge in [0.15, 0.2) is 9.84 Å². The van der Waals surface area contributed by atoms with Crippen molar-refractivity contribution in [2.24, 2.45) is 5.73 Å². The van der Waals surface area contributed by atoms with Crippen LogP contribution in [0.15, 0.2) is 82.7 Å². The molecule has 0 aliphatic rings. The van der Waals surface area contributed by atoms with Gasteiger partial charge in [-0.1, -0.05) is 36.3 Å². The molecule has 2 aromatic carbocycles. The number of pyridine rings is 3. The molecule has 0 aliphatic carbocycles. The predicted octanol–water partition coefficient (Wildman–Crippen LogP) is 2.99. The van der Waals surface area contributed by atoms with Crippen molar-refractivity contribution in [3.63, 3.8) is 0 Å². The molecule has 0 aliphatic heterocycles. The molecule has 188 valence electrons. The minimum atomic E-state index is -3.34. The molecule has 0 unspecified atom stereocenters. The Bertz CT molecular complexity index is 1940. The molecule has 5 aromatic rings. The van der Waals surface area contributed by atoms with E-state index in [1.807, 2.05) is 36.4 Å². The zero-order chi connectivity index (χ0) is 26.9. The summed E-state index contributed by atoms with van der Waals surface area (Å²) in [5, 5.41) is 4.89. The Morgan fingerprint density at radius 2 is 1.82 bits per heavy atom. The first-order chi connectivity index (χ1) is 18.2. The normalized spacial score (nSPS) is 11.2. The number of sulfone groups is 1. The highest BCUT2D eigenvalue weighted by Gasteiger charge is 2.16. The Balaban J connectivity index is 1.73. The summed E-state index contributed by atoms with van der Waals surface area (Å²) >= 11 is 0. The molecular formula is C28H21N5O4S. The van der Waals surface area contributed by atoms with Crippen LogP contribution in [-0.2, 0) is 21.2 Å². The first-order valence-electron chi connectivity index (χ1n) is 11.5. The number of amides is 1. The quantitative estimate of drug-likeness (QED) is 0.237. The number of H-pyrrole nitrogens is 1. The summed E-state index contributed by atoms with van der Waals surface area (Å²) in [6.07, 6.45) is 4.25. The van der Waals surface area contributed by atoms with Crippen LogP contribution in [0.2, 0.25) is 0 Å². The van der Waals surface area contributed by atoms with Crippen molar-refractivity contribution in [1.82, 2.24) is 15.0 Å². The average Bonchev–Trinajstić information content (AvgIpc) is 2.91. The molecule has 0 saturated carbocycles. The Kier molecular flexibility index (Phi) is 6.36. The van der Waals surface area contributed by atoms with Gasteiger partial charge >= 0.3 is 0 Å². The third kappa shape index (κ3) is 4.96. The molecule has 9 nitrogen and oxygen atoms in total. The van der Waals surface area contributed by atoms with Crippen LogP contribution in [0.25, 0.3) is 32.8 Å². The monoisotopic (exact) mass is 523 g/mol. The number of aromatic nitrogens is 3. The van der Waals surface area contributed by atoms with Crippen LogP contribution in [0, 0.1) is 11.8 Å². The molecule has 0 spiro atoms. The Morgan fingerprint density at radius 1 is 1.05 bits per heavy atom. The number of rotatable bonds is 5. The van der Waals surface area contributed by atoms with E-state index in [1.165, 1.54) is 6.20 Å². The first kappa shape index (κ1) is 24.7. The number of benzene rings is 2. The Hall–Kier alpha value is -5.01. The molecule has 4 N–H and O–H groups in total. The number of primary amides is 1. The summed E-state index contributed by atoms with van der Waals surface area (Å²) in [6.45, 7) is 0.384. The molecule has 3 aromatic heterocycles. The van der Waals surface area contributed by atoms with E-state index < -0.39 is 15.7 Å². The highest BCUT2D eigenvalue weighted by Crippen LogP contribution is 2.33. The van der Waals surface area contributed by atoms with Crippen molar-refractivity contribution >= 4 is 43.2 Å². The third-order valence-corrected chi connectivity index (χ3v) is 7.06. The van der Waals surface area contributed by atoms with Crippen LogP contribution < -0.4 is 16.6 Å². The van der Waals surface area contributed by atoms with Gasteiger partial charge < -0.3 is 16.0 Å². The average molecular weight is 524 g/mol. The van der Waals surface area contributed by atoms with Crippen molar-refractivity contribution in [3.8, 4) is 23.0 Å². The number of fused-ring (bicyclic) bond motifs is 3. The fraction of sp³-hybridized carbons (Fsp3) is 0.0714. The van der Waals surface area contributed by atoms with Gasteiger partial charge in [-0.3, -0.25) is 14.6 Å². The molecule has 38 heavy (non-hydrogen) atoms. The summed E-state index contributed by atoms with van der Waals surface area (Å²) in [7, 11) is -3.34. The van der Waals surface area contributed by atoms with Gasteiger partial charge in [0, 0.05) is 35.3 Å². The van der Waals surface area contributed by atoms with E-state index in [1.54, 1.807) is 30.5 Å². The van der Waals surface area contributed by atoms with E-state index in [2.05, 4.69) is 27.1 Å². The lowest BCUT2D eigenvalue weighted by molar-refractivity contribution is -0.112. The van der Waals surface area contributed by atoms with Gasteiger partial charge in [0.25, 0.3) is 11.5 Å². The van der Waals surface area contributed by atoms with E-state index in [-0.39, 0.29) is 10.5 Å². The fourth-order valence-corrected chi connectivity index (χ4v) is 4.76. The minimum Gasteiger partial charge on any atom is -0.364 e. The van der Waals surface area contributed by atoms with Crippen LogP contribution in [0.5, 0.6) is 0 Å². The lowest BCUT2D eigenvalue weighted by Crippen LogP contribution is -2.11. The second kappa shape index (κ2) is 9.80. The number of aromatic amines is 1. The highest BCUT2D eigenvalue weighted by atomic mass is 32.2. The number of hydrogen-bond donors (Lipinski definition) is 3. The maximum absolute atomic E-state index is 13.0. The molecule has 0 bridgehead atoms. The summed E-state index contributed by atoms with van der Waals surface area (Å²) in [4.78, 5) is 36.3. The van der Waals surface area contributed by atoms with Crippen molar-refractivity contribution in [1.29, 1.82) is 0 Å². The predicted molar refractivity (Wildman–Crippen MR) is 146 cm³/mol. The third-order valence-electron chi connectivity index (χ3n) is 5.93. The maximum atomic E-state index is 13.0. The number of anilines is 1. The van der Waals surface area contributed by atoms with Crippen molar-refractivity contribution < 1.29 is 13.2 Å². The van der Waals surface area contributed by atoms with Gasteiger partial charge in [-0.15, -0.1) is 0 Å². The van der Waals surface area contributed by atoms with Crippen LogP contribution in [-0.4, -0.2) is 35.5 Å². The SMILES string of the molecule is CS(=O)(=O)c1ccc(-c2ccc3c(NCc4ccccn4)nc4c(C#CC(N)=O)c[nH]c(=O)c4c3c2)cc1. The molecule has 1 amide bonds. The molecule has 10 heteroatoms. The molecule has 5 rings (SSSR count). The fourth-order valence-electron chi connectivity index (χ4n) is 4.13. The topological polar surface area (TPSA) is 148 Å². The first-order valence-corrected chi connectivity index (χ1v) is 13.3. The Labute approximate surface area is 217 Å². The van der Waals surface area contributed by atoms with Gasteiger partial charge in [-0.05, 0) is 41.5 Å². The van der Waals surface area contributed by atoms with Crippen LogP contribution in [0.3, 0.4) is 0 Å². The van der Waals surface area contributed by atoms with Gasteiger partial charge in [0.2, 0.25) is 0 Å². The maximum Gasteiger partial charge on any atom is 0.293 e. The largest absolute Gasteiger partial charge is 0.364 e. The Morgan fingerprint density at radius 3 is 2.50 bits per heavy atom. The van der Waals surface area contributed by atoms with Gasteiger partial charge in [0.05, 0.1) is 33.6 Å². The van der Waals surface area contributed by atoms with Crippen molar-refractivity contribution in [3.05, 3.63) is 94.7 Å². The lowest BCUT2D eigenvalue weighted by atomic mass is 9.98. The molecule has 0 fully saturated rings. The second-order valence-corrected chi connectivity index (χ2v) is 10.6. The second-order valence-electron chi connectivity index (χ2n) is 8.56. The number of carbonyl (C=O) groups excluding carboxylic acids is 1. The summed E-state index contributed by atoms with van der Waals surface area (Å²) in [5.41, 5.74) is 7.82. The zero-order valence-electron chi connectivity index (χ0n) is 20.1. The van der Waals surface area contributed by atoms with E-state index >= 15 is 0 Å². The number of nitrogens with two attached hydrogens (primary N) is 1. The molecule has 0 atom stereocenters. The number of hydrogen-bond acceptors (Lipinski definition) is 7. The summed E-state index contributed by atoms with van der Waals surface area (Å²) in [6, 6.07) is 17.7. The van der Waals surface area contributed by atoms with E-state index in [0.29, 0.717) is 39.6 Å². The van der Waals surface area contributed by atoms with Gasteiger partial charge in [-0.2, -0.15) is 0 Å². The molecule has 0 saturated heterocycles. The van der Waals surface area contributed by atoms with Gasteiger partial charge in [0.1, 0.15) is 5.82 Å². The smallest absolute Gasteiger partial charge is 0.293 e. The molecular weight excluding hydrogens is 502 g/mol. The number of nitrogens with one attached hydrogen (secondary N) is 2. The van der Waals surface area contributed by atoms with Crippen LogP contribution in [0.1, 0.15) is 11.3 Å². The van der Waals surface area contributed by atoms with E-state index in [0.717, 1.165) is 23.1 Å². The zero-order valence-corrected chi connectivity index (χ0v) is 21.0. The van der Waals surface area contributed by atoms with E-state index in [9.17, 15) is 18.0 Å². The van der Waals surface area contributed by atoms with Gasteiger partial charge in [-0.25, -0.2) is 13.4 Å². The minimum absolute atomic E-state index is 0.215. The number of nitrogens with zero attached hydrogens (tertiary/aromatic N) is 2. The van der Waals surface area contributed by atoms with E-state index in [4.69, 9.17) is 10.7 Å². The summed E-state index contributed by atoms with van der Waals surface area (Å²) < 4.78 is 23.7. The standard InChI is InChI=1S/C28H21N5O4S/c1-38(36,37)21-9-5-17(6-10-21)18-7-11-22-23(14-18)25-26(19(8-12-24(29)34)15-32-28(25)35)33-27(22)31-16-20-4-2-3-13-30-20/h2-7,9-11,13-15H,16H2,1H3,(H2,29,34)(H,31,33)(H,32,35). The lowest BCUT2D eigenvalue weighted by Gasteiger charge is -2.13. The number of carbonyl (C=O) groups is 1.